The second kappa shape index (κ2) is 12.7. The minimum atomic E-state index is -0.898. The molecule has 0 spiro atoms. The van der Waals surface area contributed by atoms with Crippen molar-refractivity contribution in [2.75, 3.05) is 19.6 Å². The summed E-state index contributed by atoms with van der Waals surface area (Å²) in [6, 6.07) is 8.05. The highest BCUT2D eigenvalue weighted by Gasteiger charge is 2.34. The highest BCUT2D eigenvalue weighted by Crippen LogP contribution is 2.34. The molecule has 1 aliphatic rings. The number of hydrogen-bond donors (Lipinski definition) is 1. The van der Waals surface area contributed by atoms with Gasteiger partial charge < -0.3 is 24.1 Å². The van der Waals surface area contributed by atoms with Gasteiger partial charge in [0.15, 0.2) is 11.5 Å². The van der Waals surface area contributed by atoms with E-state index < -0.39 is 6.04 Å². The van der Waals surface area contributed by atoms with E-state index in [4.69, 9.17) is 25.5 Å². The summed E-state index contributed by atoms with van der Waals surface area (Å²) in [6.45, 7) is 4.93. The molecule has 0 radical (unpaired) electrons. The molecule has 1 atom stereocenters. The predicted molar refractivity (Wildman–Crippen MR) is 131 cm³/mol. The molecule has 1 saturated carbocycles. The Morgan fingerprint density at radius 1 is 1.21 bits per heavy atom. The third-order valence-electron chi connectivity index (χ3n) is 6.23. The summed E-state index contributed by atoms with van der Waals surface area (Å²) in [6.07, 6.45) is 6.40. The SMILES string of the molecule is CCCOc1ccc([C@@H](C(=O)NC2CCC(C)CC2)N(Cc2ccco2)C(=O)CCl)cc1OC. The van der Waals surface area contributed by atoms with Crippen molar-refractivity contribution in [1.29, 1.82) is 0 Å². The highest BCUT2D eigenvalue weighted by atomic mass is 35.5. The number of methoxy groups -OCH3 is 1. The molecule has 1 aromatic heterocycles. The van der Waals surface area contributed by atoms with E-state index in [1.165, 1.54) is 4.90 Å². The van der Waals surface area contributed by atoms with Crippen LogP contribution in [-0.4, -0.2) is 42.4 Å². The standard InChI is InChI=1S/C26H35ClN2O5/c1-4-13-34-22-12-9-19(15-23(22)32-3)25(26(31)28-20-10-7-18(2)8-11-20)29(24(30)16-27)17-21-6-5-14-33-21/h5-6,9,12,14-15,18,20,25H,4,7-8,10-11,13,16-17H2,1-3H3,(H,28,31)/t18?,20?,25-/m0/s1. The lowest BCUT2D eigenvalue weighted by Crippen LogP contribution is -2.47. The van der Waals surface area contributed by atoms with Crippen LogP contribution in [0.1, 0.15) is 63.3 Å². The molecule has 2 amide bonds. The number of carbonyl (C=O) groups is 2. The fraction of sp³-hybridized carbons (Fsp3) is 0.538. The van der Waals surface area contributed by atoms with Gasteiger partial charge >= 0.3 is 0 Å². The first-order valence-corrected chi connectivity index (χ1v) is 12.5. The predicted octanol–water partition coefficient (Wildman–Crippen LogP) is 5.08. The van der Waals surface area contributed by atoms with Crippen molar-refractivity contribution < 1.29 is 23.5 Å². The number of furan rings is 1. The molecular weight excluding hydrogens is 456 g/mol. The van der Waals surface area contributed by atoms with Crippen LogP contribution in [0.25, 0.3) is 0 Å². The summed E-state index contributed by atoms with van der Waals surface area (Å²) < 4.78 is 16.8. The summed E-state index contributed by atoms with van der Waals surface area (Å²) in [5, 5.41) is 3.18. The maximum absolute atomic E-state index is 13.7. The average Bonchev–Trinajstić information content (AvgIpc) is 3.36. The van der Waals surface area contributed by atoms with E-state index >= 15 is 0 Å². The topological polar surface area (TPSA) is 81.0 Å². The van der Waals surface area contributed by atoms with Gasteiger partial charge in [0.2, 0.25) is 11.8 Å². The third kappa shape index (κ3) is 6.69. The molecule has 0 unspecified atom stereocenters. The highest BCUT2D eigenvalue weighted by molar-refractivity contribution is 6.27. The molecule has 1 aromatic carbocycles. The number of amides is 2. The Kier molecular flexibility index (Phi) is 9.69. The van der Waals surface area contributed by atoms with Crippen molar-refractivity contribution in [3.63, 3.8) is 0 Å². The number of rotatable bonds is 11. The van der Waals surface area contributed by atoms with Crippen molar-refractivity contribution in [2.24, 2.45) is 5.92 Å². The number of halogens is 1. The van der Waals surface area contributed by atoms with Crippen LogP contribution in [0.4, 0.5) is 0 Å². The lowest BCUT2D eigenvalue weighted by Gasteiger charge is -2.33. The summed E-state index contributed by atoms with van der Waals surface area (Å²) >= 11 is 5.97. The zero-order valence-corrected chi connectivity index (χ0v) is 21.0. The molecule has 2 aromatic rings. The summed E-state index contributed by atoms with van der Waals surface area (Å²) in [5.41, 5.74) is 0.618. The Bertz CT molecular complexity index is 925. The van der Waals surface area contributed by atoms with Crippen molar-refractivity contribution in [3.8, 4) is 11.5 Å². The van der Waals surface area contributed by atoms with Gasteiger partial charge in [-0.3, -0.25) is 9.59 Å². The normalized spacial score (nSPS) is 18.7. The van der Waals surface area contributed by atoms with Crippen LogP contribution < -0.4 is 14.8 Å². The first kappa shape index (κ1) is 25.9. The molecule has 34 heavy (non-hydrogen) atoms. The van der Waals surface area contributed by atoms with Gasteiger partial charge in [0.25, 0.3) is 0 Å². The molecule has 1 N–H and O–H groups in total. The van der Waals surface area contributed by atoms with Crippen molar-refractivity contribution >= 4 is 23.4 Å². The van der Waals surface area contributed by atoms with Gasteiger partial charge in [0, 0.05) is 6.04 Å². The summed E-state index contributed by atoms with van der Waals surface area (Å²) in [5.74, 6) is 1.48. The molecule has 0 bridgehead atoms. The van der Waals surface area contributed by atoms with E-state index in [1.54, 1.807) is 43.7 Å². The van der Waals surface area contributed by atoms with Gasteiger partial charge in [-0.25, -0.2) is 0 Å². The van der Waals surface area contributed by atoms with Crippen molar-refractivity contribution in [3.05, 3.63) is 47.9 Å². The molecule has 186 valence electrons. The molecule has 0 aliphatic heterocycles. The maximum Gasteiger partial charge on any atom is 0.247 e. The van der Waals surface area contributed by atoms with E-state index in [9.17, 15) is 9.59 Å². The van der Waals surface area contributed by atoms with Gasteiger partial charge in [-0.2, -0.15) is 0 Å². The number of ether oxygens (including phenoxy) is 2. The zero-order chi connectivity index (χ0) is 24.5. The minimum absolute atomic E-state index is 0.0804. The number of nitrogens with zero attached hydrogens (tertiary/aromatic N) is 1. The monoisotopic (exact) mass is 490 g/mol. The number of nitrogens with one attached hydrogen (secondary N) is 1. The second-order valence-electron chi connectivity index (χ2n) is 8.86. The molecule has 1 heterocycles. The fourth-order valence-electron chi connectivity index (χ4n) is 4.31. The van der Waals surface area contributed by atoms with Gasteiger partial charge in [-0.15, -0.1) is 11.6 Å². The number of benzene rings is 1. The van der Waals surface area contributed by atoms with E-state index in [0.29, 0.717) is 35.3 Å². The molecule has 8 heteroatoms. The maximum atomic E-state index is 13.7. The Morgan fingerprint density at radius 3 is 2.59 bits per heavy atom. The molecule has 3 rings (SSSR count). The Hall–Kier alpha value is -2.67. The lowest BCUT2D eigenvalue weighted by molar-refractivity contribution is -0.140. The lowest BCUT2D eigenvalue weighted by atomic mass is 9.87. The molecule has 1 aliphatic carbocycles. The molecular formula is C26H35ClN2O5. The van der Waals surface area contributed by atoms with Crippen molar-refractivity contribution in [2.45, 2.75) is 64.6 Å². The van der Waals surface area contributed by atoms with Gasteiger partial charge in [0.05, 0.1) is 26.5 Å². The van der Waals surface area contributed by atoms with Crippen LogP contribution in [-0.2, 0) is 16.1 Å². The molecule has 7 nitrogen and oxygen atoms in total. The number of hydrogen-bond acceptors (Lipinski definition) is 5. The van der Waals surface area contributed by atoms with E-state index in [-0.39, 0.29) is 30.3 Å². The van der Waals surface area contributed by atoms with Crippen LogP contribution in [0, 0.1) is 5.92 Å². The zero-order valence-electron chi connectivity index (χ0n) is 20.2. The fourth-order valence-corrected chi connectivity index (χ4v) is 4.47. The van der Waals surface area contributed by atoms with Gasteiger partial charge in [-0.05, 0) is 67.9 Å². The Morgan fingerprint density at radius 2 is 1.97 bits per heavy atom. The molecule has 1 fully saturated rings. The minimum Gasteiger partial charge on any atom is -0.493 e. The Balaban J connectivity index is 1.96. The van der Waals surface area contributed by atoms with Crippen LogP contribution in [0.3, 0.4) is 0 Å². The summed E-state index contributed by atoms with van der Waals surface area (Å²) in [4.78, 5) is 28.1. The van der Waals surface area contributed by atoms with E-state index in [2.05, 4.69) is 12.2 Å². The quantitative estimate of drug-likeness (QED) is 0.444. The third-order valence-corrected chi connectivity index (χ3v) is 6.46. The van der Waals surface area contributed by atoms with Crippen LogP contribution in [0.2, 0.25) is 0 Å². The number of carbonyl (C=O) groups excluding carboxylic acids is 2. The number of alkyl halides is 1. The largest absolute Gasteiger partial charge is 0.493 e. The van der Waals surface area contributed by atoms with Crippen LogP contribution in [0.15, 0.2) is 41.0 Å². The summed E-state index contributed by atoms with van der Waals surface area (Å²) in [7, 11) is 1.56. The van der Waals surface area contributed by atoms with Crippen LogP contribution in [0.5, 0.6) is 11.5 Å². The van der Waals surface area contributed by atoms with Crippen molar-refractivity contribution in [1.82, 2.24) is 10.2 Å². The Labute approximate surface area is 206 Å². The van der Waals surface area contributed by atoms with E-state index in [1.807, 2.05) is 6.92 Å². The molecule has 0 saturated heterocycles. The van der Waals surface area contributed by atoms with Gasteiger partial charge in [0.1, 0.15) is 17.7 Å². The first-order chi connectivity index (χ1) is 16.5. The van der Waals surface area contributed by atoms with E-state index in [0.717, 1.165) is 32.1 Å². The average molecular weight is 491 g/mol. The van der Waals surface area contributed by atoms with Gasteiger partial charge in [-0.1, -0.05) is 19.9 Å². The van der Waals surface area contributed by atoms with Crippen LogP contribution >= 0.6 is 11.6 Å². The second-order valence-corrected chi connectivity index (χ2v) is 9.13. The smallest absolute Gasteiger partial charge is 0.247 e. The first-order valence-electron chi connectivity index (χ1n) is 12.0.